The Morgan fingerprint density at radius 2 is 1.73 bits per heavy atom. The van der Waals surface area contributed by atoms with Crippen molar-refractivity contribution in [2.75, 3.05) is 38.5 Å². The summed E-state index contributed by atoms with van der Waals surface area (Å²) in [6.07, 6.45) is 3.19. The number of piperazine rings is 1. The molecule has 26 heavy (non-hydrogen) atoms. The van der Waals surface area contributed by atoms with E-state index in [0.717, 1.165) is 31.9 Å². The highest BCUT2D eigenvalue weighted by molar-refractivity contribution is 5.92. The third kappa shape index (κ3) is 4.19. The molecule has 138 valence electrons. The number of rotatable bonds is 3. The number of carbonyl (C=O) groups excluding carboxylic acids is 1. The number of carbonyl (C=O) groups is 1. The van der Waals surface area contributed by atoms with E-state index in [2.05, 4.69) is 54.1 Å². The fourth-order valence-corrected chi connectivity index (χ4v) is 3.06. The molecule has 1 saturated heterocycles. The van der Waals surface area contributed by atoms with Crippen LogP contribution < -0.4 is 5.32 Å². The maximum atomic E-state index is 12.5. The van der Waals surface area contributed by atoms with E-state index in [-0.39, 0.29) is 11.3 Å². The molecule has 6 heteroatoms. The molecule has 1 amide bonds. The van der Waals surface area contributed by atoms with Crippen molar-refractivity contribution < 1.29 is 4.79 Å². The summed E-state index contributed by atoms with van der Waals surface area (Å²) < 4.78 is 0. The number of aromatic nitrogens is 2. The third-order valence-corrected chi connectivity index (χ3v) is 4.66. The average Bonchev–Trinajstić information content (AvgIpc) is 2.62. The van der Waals surface area contributed by atoms with Gasteiger partial charge >= 0.3 is 0 Å². The molecule has 2 heterocycles. The van der Waals surface area contributed by atoms with Crippen LogP contribution in [0.4, 0.5) is 11.5 Å². The SMILES string of the molecule is CN1CCN(C(=O)c2cnc(Nc3ccccc3C(C)(C)C)cn2)CC1. The number of likely N-dealkylation sites (N-methyl/N-ethyl adjacent to an activating group) is 1. The molecule has 1 aromatic heterocycles. The number of nitrogens with zero attached hydrogens (tertiary/aromatic N) is 4. The highest BCUT2D eigenvalue weighted by Gasteiger charge is 2.22. The molecule has 0 atom stereocenters. The number of benzene rings is 1. The van der Waals surface area contributed by atoms with Crippen molar-refractivity contribution >= 4 is 17.4 Å². The first-order valence-corrected chi connectivity index (χ1v) is 9.01. The van der Waals surface area contributed by atoms with E-state index in [1.807, 2.05) is 23.1 Å². The lowest BCUT2D eigenvalue weighted by molar-refractivity contribution is 0.0658. The molecule has 0 unspecified atom stereocenters. The molecule has 1 N–H and O–H groups in total. The Balaban J connectivity index is 1.72. The van der Waals surface area contributed by atoms with Gasteiger partial charge in [-0.2, -0.15) is 0 Å². The highest BCUT2D eigenvalue weighted by Crippen LogP contribution is 2.30. The summed E-state index contributed by atoms with van der Waals surface area (Å²) in [5.74, 6) is 0.587. The largest absolute Gasteiger partial charge is 0.339 e. The fourth-order valence-electron chi connectivity index (χ4n) is 3.06. The third-order valence-electron chi connectivity index (χ3n) is 4.66. The van der Waals surface area contributed by atoms with Gasteiger partial charge in [0.1, 0.15) is 11.5 Å². The summed E-state index contributed by atoms with van der Waals surface area (Å²) in [5, 5.41) is 3.33. The van der Waals surface area contributed by atoms with Crippen LogP contribution in [0.5, 0.6) is 0 Å². The predicted octanol–water partition coefficient (Wildman–Crippen LogP) is 2.91. The molecule has 1 aliphatic rings. The zero-order valence-corrected chi connectivity index (χ0v) is 16.0. The van der Waals surface area contributed by atoms with E-state index in [1.54, 1.807) is 12.4 Å². The van der Waals surface area contributed by atoms with Gasteiger partial charge in [-0.15, -0.1) is 0 Å². The molecular formula is C20H27N5O. The number of anilines is 2. The number of hydrogen-bond acceptors (Lipinski definition) is 5. The summed E-state index contributed by atoms with van der Waals surface area (Å²) in [6, 6.07) is 8.18. The minimum absolute atomic E-state index is 0.0222. The fraction of sp³-hybridized carbons (Fsp3) is 0.450. The normalized spacial score (nSPS) is 15.8. The van der Waals surface area contributed by atoms with Gasteiger partial charge in [0, 0.05) is 31.9 Å². The Kier molecular flexibility index (Phi) is 5.23. The summed E-state index contributed by atoms with van der Waals surface area (Å²) in [6.45, 7) is 9.78. The smallest absolute Gasteiger partial charge is 0.274 e. The monoisotopic (exact) mass is 353 g/mol. The summed E-state index contributed by atoms with van der Waals surface area (Å²) in [4.78, 5) is 25.3. The Labute approximate surface area is 155 Å². The second kappa shape index (κ2) is 7.41. The van der Waals surface area contributed by atoms with Crippen molar-refractivity contribution in [3.05, 3.63) is 47.9 Å². The summed E-state index contributed by atoms with van der Waals surface area (Å²) >= 11 is 0. The Morgan fingerprint density at radius 3 is 2.35 bits per heavy atom. The van der Waals surface area contributed by atoms with Crippen LogP contribution in [0.15, 0.2) is 36.7 Å². The Hall–Kier alpha value is -2.47. The van der Waals surface area contributed by atoms with Gasteiger partial charge in [0.2, 0.25) is 0 Å². The van der Waals surface area contributed by atoms with Gasteiger partial charge in [0.25, 0.3) is 5.91 Å². The minimum Gasteiger partial charge on any atom is -0.339 e. The van der Waals surface area contributed by atoms with Gasteiger partial charge < -0.3 is 15.1 Å². The van der Waals surface area contributed by atoms with E-state index >= 15 is 0 Å². The lowest BCUT2D eigenvalue weighted by atomic mass is 9.86. The van der Waals surface area contributed by atoms with E-state index in [0.29, 0.717) is 11.5 Å². The van der Waals surface area contributed by atoms with Crippen LogP contribution in [-0.2, 0) is 5.41 Å². The van der Waals surface area contributed by atoms with Crippen molar-refractivity contribution in [3.63, 3.8) is 0 Å². The van der Waals surface area contributed by atoms with Crippen LogP contribution in [0, 0.1) is 0 Å². The predicted molar refractivity (Wildman–Crippen MR) is 104 cm³/mol. The molecule has 0 bridgehead atoms. The molecule has 1 aromatic carbocycles. The lowest BCUT2D eigenvalue weighted by Crippen LogP contribution is -2.47. The van der Waals surface area contributed by atoms with Gasteiger partial charge in [-0.05, 0) is 24.1 Å². The first kappa shape index (κ1) is 18.3. The van der Waals surface area contributed by atoms with Crippen LogP contribution in [-0.4, -0.2) is 58.9 Å². The first-order chi connectivity index (χ1) is 12.3. The molecular weight excluding hydrogens is 326 g/mol. The molecule has 1 fully saturated rings. The first-order valence-electron chi connectivity index (χ1n) is 9.01. The van der Waals surface area contributed by atoms with E-state index in [4.69, 9.17) is 0 Å². The van der Waals surface area contributed by atoms with Crippen LogP contribution in [0.1, 0.15) is 36.8 Å². The van der Waals surface area contributed by atoms with Crippen LogP contribution in [0.2, 0.25) is 0 Å². The van der Waals surface area contributed by atoms with Crippen molar-refractivity contribution in [1.29, 1.82) is 0 Å². The summed E-state index contributed by atoms with van der Waals surface area (Å²) in [5.41, 5.74) is 2.63. The van der Waals surface area contributed by atoms with Gasteiger partial charge in [-0.1, -0.05) is 39.0 Å². The average molecular weight is 353 g/mol. The van der Waals surface area contributed by atoms with Crippen molar-refractivity contribution in [3.8, 4) is 0 Å². The lowest BCUT2D eigenvalue weighted by Gasteiger charge is -2.32. The molecule has 0 radical (unpaired) electrons. The van der Waals surface area contributed by atoms with Crippen molar-refractivity contribution in [2.24, 2.45) is 0 Å². The number of hydrogen-bond donors (Lipinski definition) is 1. The summed E-state index contributed by atoms with van der Waals surface area (Å²) in [7, 11) is 2.07. The Bertz CT molecular complexity index is 759. The van der Waals surface area contributed by atoms with E-state index in [1.165, 1.54) is 5.56 Å². The Morgan fingerprint density at radius 1 is 1.04 bits per heavy atom. The second-order valence-electron chi connectivity index (χ2n) is 7.80. The molecule has 2 aromatic rings. The second-order valence-corrected chi connectivity index (χ2v) is 7.80. The number of para-hydroxylation sites is 1. The minimum atomic E-state index is -0.0489. The zero-order chi connectivity index (χ0) is 18.7. The maximum Gasteiger partial charge on any atom is 0.274 e. The standard InChI is InChI=1S/C20H27N5O/c1-20(2,3)15-7-5-6-8-16(15)23-18-14-21-17(13-22-18)19(26)25-11-9-24(4)10-12-25/h5-8,13-14H,9-12H2,1-4H3,(H,22,23). The molecule has 0 aliphatic carbocycles. The van der Waals surface area contributed by atoms with Crippen molar-refractivity contribution in [1.82, 2.24) is 19.8 Å². The molecule has 0 saturated carbocycles. The van der Waals surface area contributed by atoms with Crippen LogP contribution in [0.3, 0.4) is 0 Å². The van der Waals surface area contributed by atoms with Gasteiger partial charge in [-0.25, -0.2) is 9.97 Å². The number of amides is 1. The quantitative estimate of drug-likeness (QED) is 0.919. The van der Waals surface area contributed by atoms with E-state index in [9.17, 15) is 4.79 Å². The molecule has 6 nitrogen and oxygen atoms in total. The van der Waals surface area contributed by atoms with E-state index < -0.39 is 0 Å². The van der Waals surface area contributed by atoms with Gasteiger partial charge in [0.15, 0.2) is 0 Å². The maximum absolute atomic E-state index is 12.5. The molecule has 1 aliphatic heterocycles. The zero-order valence-electron chi connectivity index (χ0n) is 16.0. The van der Waals surface area contributed by atoms with Crippen molar-refractivity contribution in [2.45, 2.75) is 26.2 Å². The van der Waals surface area contributed by atoms with Crippen LogP contribution >= 0.6 is 0 Å². The van der Waals surface area contributed by atoms with Gasteiger partial charge in [0.05, 0.1) is 12.4 Å². The molecule has 3 rings (SSSR count). The number of nitrogens with one attached hydrogen (secondary N) is 1. The highest BCUT2D eigenvalue weighted by atomic mass is 16.2. The van der Waals surface area contributed by atoms with Crippen LogP contribution in [0.25, 0.3) is 0 Å². The molecule has 0 spiro atoms. The van der Waals surface area contributed by atoms with Gasteiger partial charge in [-0.3, -0.25) is 4.79 Å². The topological polar surface area (TPSA) is 61.4 Å².